The largest absolute Gasteiger partial charge is 0.492 e. The van der Waals surface area contributed by atoms with Gasteiger partial charge >= 0.3 is 0 Å². The highest BCUT2D eigenvalue weighted by Crippen LogP contribution is 2.23. The normalized spacial score (nSPS) is 16.9. The lowest BCUT2D eigenvalue weighted by Gasteiger charge is -2.29. The van der Waals surface area contributed by atoms with Crippen molar-refractivity contribution in [3.8, 4) is 5.75 Å². The fourth-order valence-electron chi connectivity index (χ4n) is 3.66. The molecule has 1 aromatic carbocycles. The van der Waals surface area contributed by atoms with E-state index in [1.54, 1.807) is 0 Å². The van der Waals surface area contributed by atoms with E-state index in [1.165, 1.54) is 32.4 Å². The predicted octanol–water partition coefficient (Wildman–Crippen LogP) is 5.26. The van der Waals surface area contributed by atoms with Gasteiger partial charge in [0.15, 0.2) is 0 Å². The minimum Gasteiger partial charge on any atom is -0.492 e. The number of nitrogens with zero attached hydrogens (tertiary/aromatic N) is 1. The fourth-order valence-corrected chi connectivity index (χ4v) is 3.66. The van der Waals surface area contributed by atoms with Gasteiger partial charge in [-0.1, -0.05) is 39.5 Å². The van der Waals surface area contributed by atoms with E-state index in [0.29, 0.717) is 13.2 Å². The van der Waals surface area contributed by atoms with E-state index in [0.717, 1.165) is 50.1 Å². The average Bonchev–Trinajstić information content (AvgIpc) is 2.74. The Hall–Kier alpha value is -1.59. The fraction of sp³-hybridized carbons (Fsp3) is 0.708. The van der Waals surface area contributed by atoms with Crippen molar-refractivity contribution < 1.29 is 14.3 Å². The van der Waals surface area contributed by atoms with E-state index < -0.39 is 5.60 Å². The summed E-state index contributed by atoms with van der Waals surface area (Å²) in [4.78, 5) is 15.4. The van der Waals surface area contributed by atoms with Gasteiger partial charge in [0.2, 0.25) is 0 Å². The molecule has 1 atom stereocenters. The lowest BCUT2D eigenvalue weighted by Crippen LogP contribution is -2.43. The van der Waals surface area contributed by atoms with Crippen LogP contribution in [0.4, 0.5) is 5.69 Å². The summed E-state index contributed by atoms with van der Waals surface area (Å²) in [6.07, 6.45) is 8.83. The van der Waals surface area contributed by atoms with E-state index in [4.69, 9.17) is 9.47 Å². The molecule has 2 rings (SSSR count). The molecule has 1 aliphatic rings. The molecular weight excluding hydrogens is 364 g/mol. The Kier molecular flexibility index (Phi) is 10.5. The van der Waals surface area contributed by atoms with Crippen LogP contribution in [0.5, 0.6) is 5.75 Å². The molecule has 0 saturated carbocycles. The molecule has 164 valence electrons. The maximum atomic E-state index is 12.9. The quantitative estimate of drug-likeness (QED) is 0.456. The van der Waals surface area contributed by atoms with Crippen LogP contribution in [-0.4, -0.2) is 49.3 Å². The lowest BCUT2D eigenvalue weighted by atomic mass is 9.96. The van der Waals surface area contributed by atoms with Crippen molar-refractivity contribution in [2.45, 2.75) is 77.7 Å². The SMILES string of the molecule is CCCCC[C@@](C)(OCCC)C(=O)Nc1ccc(OCCN2CCCCC2)cc1. The molecule has 1 aromatic rings. The van der Waals surface area contributed by atoms with E-state index >= 15 is 0 Å². The van der Waals surface area contributed by atoms with Crippen LogP contribution in [0.1, 0.15) is 72.1 Å². The molecule has 5 nitrogen and oxygen atoms in total. The Morgan fingerprint density at radius 3 is 2.41 bits per heavy atom. The van der Waals surface area contributed by atoms with Gasteiger partial charge < -0.3 is 14.8 Å². The molecule has 5 heteroatoms. The Bertz CT molecular complexity index is 584. The number of unbranched alkanes of at least 4 members (excludes halogenated alkanes) is 2. The van der Waals surface area contributed by atoms with Crippen molar-refractivity contribution in [2.24, 2.45) is 0 Å². The molecule has 1 amide bonds. The number of carbonyl (C=O) groups excluding carboxylic acids is 1. The van der Waals surface area contributed by atoms with Gasteiger partial charge in [-0.3, -0.25) is 9.69 Å². The number of anilines is 1. The van der Waals surface area contributed by atoms with Crippen molar-refractivity contribution in [2.75, 3.05) is 38.2 Å². The summed E-state index contributed by atoms with van der Waals surface area (Å²) < 4.78 is 11.8. The van der Waals surface area contributed by atoms with Gasteiger partial charge in [-0.2, -0.15) is 0 Å². The number of amides is 1. The molecule has 0 bridgehead atoms. The number of nitrogens with one attached hydrogen (secondary N) is 1. The molecule has 1 N–H and O–H groups in total. The van der Waals surface area contributed by atoms with E-state index in [9.17, 15) is 4.79 Å². The topological polar surface area (TPSA) is 50.8 Å². The molecule has 0 radical (unpaired) electrons. The maximum absolute atomic E-state index is 12.9. The van der Waals surface area contributed by atoms with Crippen molar-refractivity contribution in [1.29, 1.82) is 0 Å². The third-order valence-electron chi connectivity index (χ3n) is 5.60. The number of carbonyl (C=O) groups is 1. The minimum atomic E-state index is -0.783. The number of likely N-dealkylation sites (tertiary alicyclic amines) is 1. The number of hydrogen-bond donors (Lipinski definition) is 1. The summed E-state index contributed by atoms with van der Waals surface area (Å²) in [6, 6.07) is 7.65. The summed E-state index contributed by atoms with van der Waals surface area (Å²) in [6.45, 7) is 10.8. The molecule has 0 aliphatic carbocycles. The first-order valence-corrected chi connectivity index (χ1v) is 11.5. The summed E-state index contributed by atoms with van der Waals surface area (Å²) in [5, 5.41) is 3.03. The molecule has 0 spiro atoms. The Morgan fingerprint density at radius 1 is 1.03 bits per heavy atom. The first-order valence-electron chi connectivity index (χ1n) is 11.5. The number of piperidine rings is 1. The molecule has 1 heterocycles. The van der Waals surface area contributed by atoms with Crippen molar-refractivity contribution in [3.05, 3.63) is 24.3 Å². The van der Waals surface area contributed by atoms with Gasteiger partial charge in [0.05, 0.1) is 0 Å². The third kappa shape index (κ3) is 8.35. The summed E-state index contributed by atoms with van der Waals surface area (Å²) >= 11 is 0. The molecule has 1 saturated heterocycles. The first kappa shape index (κ1) is 23.7. The van der Waals surface area contributed by atoms with Gasteiger partial charge in [0.25, 0.3) is 5.91 Å². The molecule has 29 heavy (non-hydrogen) atoms. The highest BCUT2D eigenvalue weighted by Gasteiger charge is 2.33. The molecular formula is C24H40N2O3. The summed E-state index contributed by atoms with van der Waals surface area (Å²) in [7, 11) is 0. The maximum Gasteiger partial charge on any atom is 0.256 e. The van der Waals surface area contributed by atoms with E-state index in [2.05, 4.69) is 24.1 Å². The van der Waals surface area contributed by atoms with Crippen molar-refractivity contribution >= 4 is 11.6 Å². The van der Waals surface area contributed by atoms with Gasteiger partial charge in [0, 0.05) is 18.8 Å². The summed E-state index contributed by atoms with van der Waals surface area (Å²) in [5.41, 5.74) is -0.00498. The second kappa shape index (κ2) is 12.9. The minimum absolute atomic E-state index is 0.0687. The van der Waals surface area contributed by atoms with Gasteiger partial charge in [0.1, 0.15) is 18.0 Å². The molecule has 0 unspecified atom stereocenters. The van der Waals surface area contributed by atoms with Gasteiger partial charge in [-0.25, -0.2) is 0 Å². The predicted molar refractivity (Wildman–Crippen MR) is 120 cm³/mol. The average molecular weight is 405 g/mol. The third-order valence-corrected chi connectivity index (χ3v) is 5.60. The number of benzene rings is 1. The molecule has 1 aliphatic heterocycles. The first-order chi connectivity index (χ1) is 14.1. The Labute approximate surface area is 177 Å². The summed E-state index contributed by atoms with van der Waals surface area (Å²) in [5.74, 6) is 0.772. The monoisotopic (exact) mass is 404 g/mol. The van der Waals surface area contributed by atoms with Crippen molar-refractivity contribution in [3.63, 3.8) is 0 Å². The van der Waals surface area contributed by atoms with Gasteiger partial charge in [-0.05, 0) is 70.0 Å². The second-order valence-electron chi connectivity index (χ2n) is 8.27. The van der Waals surface area contributed by atoms with E-state index in [-0.39, 0.29) is 5.91 Å². The molecule has 0 aromatic heterocycles. The van der Waals surface area contributed by atoms with Crippen LogP contribution >= 0.6 is 0 Å². The smallest absolute Gasteiger partial charge is 0.256 e. The van der Waals surface area contributed by atoms with Crippen LogP contribution in [-0.2, 0) is 9.53 Å². The zero-order valence-electron chi connectivity index (χ0n) is 18.7. The van der Waals surface area contributed by atoms with Crippen LogP contribution < -0.4 is 10.1 Å². The number of hydrogen-bond acceptors (Lipinski definition) is 4. The van der Waals surface area contributed by atoms with Crippen LogP contribution in [0.25, 0.3) is 0 Å². The number of rotatable bonds is 13. The zero-order chi connectivity index (χ0) is 21.0. The Balaban J connectivity index is 1.83. The number of ether oxygens (including phenoxy) is 2. The van der Waals surface area contributed by atoms with Crippen molar-refractivity contribution in [1.82, 2.24) is 4.90 Å². The Morgan fingerprint density at radius 2 is 1.76 bits per heavy atom. The highest BCUT2D eigenvalue weighted by atomic mass is 16.5. The highest BCUT2D eigenvalue weighted by molar-refractivity contribution is 5.97. The van der Waals surface area contributed by atoms with Crippen LogP contribution in [0.2, 0.25) is 0 Å². The standard InChI is InChI=1S/C24H40N2O3/c1-4-6-8-15-24(3,29-19-5-2)23(27)25-21-11-13-22(14-12-21)28-20-18-26-16-9-7-10-17-26/h11-14H,4-10,15-20H2,1-3H3,(H,25,27)/t24-/m1/s1. The lowest BCUT2D eigenvalue weighted by molar-refractivity contribution is -0.140. The van der Waals surface area contributed by atoms with Crippen LogP contribution in [0.3, 0.4) is 0 Å². The van der Waals surface area contributed by atoms with Gasteiger partial charge in [-0.15, -0.1) is 0 Å². The second-order valence-corrected chi connectivity index (χ2v) is 8.27. The van der Waals surface area contributed by atoms with Crippen LogP contribution in [0, 0.1) is 0 Å². The zero-order valence-corrected chi connectivity index (χ0v) is 18.7. The van der Waals surface area contributed by atoms with Crippen LogP contribution in [0.15, 0.2) is 24.3 Å². The molecule has 1 fully saturated rings. The van der Waals surface area contributed by atoms with E-state index in [1.807, 2.05) is 31.2 Å².